The zero-order chi connectivity index (χ0) is 16.9. The zero-order valence-corrected chi connectivity index (χ0v) is 15.7. The highest BCUT2D eigenvalue weighted by atomic mass is 17.3. The Morgan fingerprint density at radius 2 is 1.33 bits per heavy atom. The minimum Gasteiger partial charge on any atom is -0.234 e. The van der Waals surface area contributed by atoms with Gasteiger partial charge in [-0.1, -0.05) is 48.5 Å². The third kappa shape index (κ3) is 9.46. The lowest BCUT2D eigenvalue weighted by Crippen LogP contribution is -2.46. The van der Waals surface area contributed by atoms with Crippen LogP contribution in [0.3, 0.4) is 0 Å². The van der Waals surface area contributed by atoms with Crippen molar-refractivity contribution in [2.75, 3.05) is 13.2 Å². The van der Waals surface area contributed by atoms with E-state index in [4.69, 9.17) is 19.6 Å². The van der Waals surface area contributed by atoms with E-state index in [1.165, 1.54) is 6.42 Å². The molecule has 132 valence electrons. The third-order valence-corrected chi connectivity index (χ3v) is 2.97. The molecule has 1 atom stereocenters. The van der Waals surface area contributed by atoms with Crippen molar-refractivity contribution in [3.8, 4) is 0 Å². The molecule has 0 N–H and O–H groups in total. The molecule has 1 unspecified atom stereocenters. The Kier molecular flexibility index (Phi) is 13.6. The molecule has 0 heterocycles. The van der Waals surface area contributed by atoms with Crippen LogP contribution >= 0.6 is 0 Å². The van der Waals surface area contributed by atoms with Gasteiger partial charge in [-0.05, 0) is 31.6 Å². The van der Waals surface area contributed by atoms with Gasteiger partial charge in [-0.25, -0.2) is 9.78 Å². The molecular formula is C17H40O4. The van der Waals surface area contributed by atoms with Crippen LogP contribution in [0.4, 0.5) is 0 Å². The van der Waals surface area contributed by atoms with Crippen molar-refractivity contribution in [1.29, 1.82) is 0 Å². The van der Waals surface area contributed by atoms with Crippen molar-refractivity contribution in [1.82, 2.24) is 0 Å². The average Bonchev–Trinajstić information content (AvgIpc) is 2.45. The minimum absolute atomic E-state index is 0. The molecule has 0 aromatic rings. The molecule has 1 saturated carbocycles. The molecule has 0 aliphatic heterocycles. The van der Waals surface area contributed by atoms with E-state index in [9.17, 15) is 0 Å². The zero-order valence-electron chi connectivity index (χ0n) is 15.7. The Morgan fingerprint density at radius 3 is 1.67 bits per heavy atom. The van der Waals surface area contributed by atoms with Crippen molar-refractivity contribution in [3.05, 3.63) is 0 Å². The van der Waals surface area contributed by atoms with Gasteiger partial charge in [0.15, 0.2) is 0 Å². The van der Waals surface area contributed by atoms with Gasteiger partial charge in [0.2, 0.25) is 5.79 Å². The van der Waals surface area contributed by atoms with Crippen molar-refractivity contribution in [2.45, 2.75) is 87.4 Å². The van der Waals surface area contributed by atoms with Crippen LogP contribution in [0.5, 0.6) is 0 Å². The maximum absolute atomic E-state index is 5.48. The first-order chi connectivity index (χ1) is 9.93. The molecule has 0 spiro atoms. The molecule has 4 heteroatoms. The van der Waals surface area contributed by atoms with E-state index in [0.29, 0.717) is 19.1 Å². The van der Waals surface area contributed by atoms with E-state index in [1.807, 2.05) is 41.5 Å². The van der Waals surface area contributed by atoms with Gasteiger partial charge < -0.3 is 0 Å². The highest BCUT2D eigenvalue weighted by molar-refractivity contribution is 4.87. The van der Waals surface area contributed by atoms with Crippen LogP contribution < -0.4 is 0 Å². The second-order valence-corrected chi connectivity index (χ2v) is 5.74. The van der Waals surface area contributed by atoms with Crippen LogP contribution in [0.15, 0.2) is 0 Å². The Labute approximate surface area is 133 Å². The van der Waals surface area contributed by atoms with Crippen LogP contribution in [-0.4, -0.2) is 19.0 Å². The smallest absolute Gasteiger partial charge is 0.234 e. The van der Waals surface area contributed by atoms with Crippen LogP contribution in [0.1, 0.15) is 83.0 Å². The standard InChI is InChI=1S/C13H26O4.2C2H6.H2/c1-6-14-16-13(17-15-7-2)9-11(3)8-12(4,5)10-13;2*1-2;/h11H,6-10H2,1-5H3;2*1-2H3;1H. The Bertz CT molecular complexity index is 227. The predicted molar refractivity (Wildman–Crippen MR) is 89.8 cm³/mol. The Hall–Kier alpha value is -0.160. The monoisotopic (exact) mass is 308 g/mol. The second-order valence-electron chi connectivity index (χ2n) is 5.74. The van der Waals surface area contributed by atoms with Gasteiger partial charge >= 0.3 is 0 Å². The van der Waals surface area contributed by atoms with E-state index < -0.39 is 5.79 Å². The molecule has 1 rings (SSSR count). The Balaban J connectivity index is -0.000000665. The average molecular weight is 309 g/mol. The molecule has 0 bridgehead atoms. The lowest BCUT2D eigenvalue weighted by atomic mass is 9.70. The maximum Gasteiger partial charge on any atom is 0.234 e. The molecule has 0 amide bonds. The fraction of sp³-hybridized carbons (Fsp3) is 1.00. The summed E-state index contributed by atoms with van der Waals surface area (Å²) in [6.07, 6.45) is 2.75. The normalized spacial score (nSPS) is 22.4. The van der Waals surface area contributed by atoms with E-state index >= 15 is 0 Å². The van der Waals surface area contributed by atoms with E-state index in [-0.39, 0.29) is 6.84 Å². The lowest BCUT2D eigenvalue weighted by Gasteiger charge is -2.44. The number of hydrogen-bond donors (Lipinski definition) is 0. The van der Waals surface area contributed by atoms with Crippen LogP contribution in [0.25, 0.3) is 0 Å². The van der Waals surface area contributed by atoms with Gasteiger partial charge in [0, 0.05) is 14.3 Å². The van der Waals surface area contributed by atoms with Gasteiger partial charge in [-0.2, -0.15) is 9.78 Å². The summed E-state index contributed by atoms with van der Waals surface area (Å²) in [6, 6.07) is 0. The summed E-state index contributed by atoms with van der Waals surface area (Å²) in [4.78, 5) is 21.2. The van der Waals surface area contributed by atoms with Crippen LogP contribution in [0, 0.1) is 11.3 Å². The molecular weight excluding hydrogens is 268 g/mol. The van der Waals surface area contributed by atoms with Crippen LogP contribution in [-0.2, 0) is 19.6 Å². The SMILES string of the molecule is CC.CC.CCOOC1(OOCC)CC(C)CC(C)(C)C1.[HH]. The van der Waals surface area contributed by atoms with Crippen molar-refractivity contribution in [2.24, 2.45) is 11.3 Å². The molecule has 0 radical (unpaired) electrons. The second kappa shape index (κ2) is 12.4. The third-order valence-electron chi connectivity index (χ3n) is 2.97. The van der Waals surface area contributed by atoms with E-state index in [1.54, 1.807) is 0 Å². The first-order valence-corrected chi connectivity index (χ1v) is 8.54. The molecule has 0 aromatic heterocycles. The number of rotatable bonds is 6. The van der Waals surface area contributed by atoms with Gasteiger partial charge in [0.1, 0.15) is 0 Å². The first-order valence-electron chi connectivity index (χ1n) is 8.54. The summed E-state index contributed by atoms with van der Waals surface area (Å²) in [5, 5.41) is 0. The number of hydrogen-bond acceptors (Lipinski definition) is 4. The van der Waals surface area contributed by atoms with Crippen LogP contribution in [0.2, 0.25) is 0 Å². The van der Waals surface area contributed by atoms with E-state index in [2.05, 4.69) is 20.8 Å². The summed E-state index contributed by atoms with van der Waals surface area (Å²) in [5.41, 5.74) is 0.172. The molecule has 0 saturated heterocycles. The Morgan fingerprint density at radius 1 is 0.905 bits per heavy atom. The quantitative estimate of drug-likeness (QED) is 0.355. The fourth-order valence-corrected chi connectivity index (χ4v) is 2.89. The lowest BCUT2D eigenvalue weighted by molar-refractivity contribution is -0.521. The molecule has 21 heavy (non-hydrogen) atoms. The minimum atomic E-state index is -0.757. The largest absolute Gasteiger partial charge is 0.234 e. The van der Waals surface area contributed by atoms with Crippen molar-refractivity contribution in [3.63, 3.8) is 0 Å². The molecule has 0 aromatic carbocycles. The fourth-order valence-electron chi connectivity index (χ4n) is 2.89. The van der Waals surface area contributed by atoms with Gasteiger partial charge in [-0.15, -0.1) is 0 Å². The summed E-state index contributed by atoms with van der Waals surface area (Å²) >= 11 is 0. The van der Waals surface area contributed by atoms with Gasteiger partial charge in [-0.3, -0.25) is 0 Å². The maximum atomic E-state index is 5.48. The topological polar surface area (TPSA) is 36.9 Å². The van der Waals surface area contributed by atoms with Crippen molar-refractivity contribution < 1.29 is 21.0 Å². The molecule has 1 aliphatic carbocycles. The van der Waals surface area contributed by atoms with E-state index in [0.717, 1.165) is 12.8 Å². The molecule has 4 nitrogen and oxygen atoms in total. The van der Waals surface area contributed by atoms with Gasteiger partial charge in [0.25, 0.3) is 0 Å². The highest BCUT2D eigenvalue weighted by Crippen LogP contribution is 2.46. The summed E-state index contributed by atoms with van der Waals surface area (Å²) in [6.45, 7) is 19.5. The molecule has 1 aliphatic rings. The van der Waals surface area contributed by atoms with Gasteiger partial charge in [0.05, 0.1) is 13.2 Å². The highest BCUT2D eigenvalue weighted by Gasteiger charge is 2.47. The first kappa shape index (κ1) is 23.1. The summed E-state index contributed by atoms with van der Waals surface area (Å²) < 4.78 is 0. The summed E-state index contributed by atoms with van der Waals surface area (Å²) in [5.74, 6) is -0.229. The van der Waals surface area contributed by atoms with Crippen molar-refractivity contribution >= 4 is 0 Å². The summed E-state index contributed by atoms with van der Waals surface area (Å²) in [7, 11) is 0. The predicted octanol–water partition coefficient (Wildman–Crippen LogP) is 5.76. The molecule has 1 fully saturated rings.